The van der Waals surface area contributed by atoms with E-state index in [9.17, 15) is 4.39 Å². The maximum atomic E-state index is 13.5. The molecule has 0 radical (unpaired) electrons. The van der Waals surface area contributed by atoms with Gasteiger partial charge in [-0.05, 0) is 29.8 Å². The highest BCUT2D eigenvalue weighted by Crippen LogP contribution is 2.25. The second-order valence-electron chi connectivity index (χ2n) is 3.94. The molecule has 3 rings (SSSR count). The fraction of sp³-hybridized carbons (Fsp3) is 0. The zero-order chi connectivity index (χ0) is 14.1. The molecule has 2 heterocycles. The van der Waals surface area contributed by atoms with Crippen molar-refractivity contribution in [2.24, 2.45) is 0 Å². The van der Waals surface area contributed by atoms with E-state index in [1.807, 2.05) is 6.07 Å². The van der Waals surface area contributed by atoms with Crippen molar-refractivity contribution in [3.05, 3.63) is 47.3 Å². The van der Waals surface area contributed by atoms with Crippen molar-refractivity contribution in [3.8, 4) is 6.07 Å². The van der Waals surface area contributed by atoms with Crippen LogP contribution in [-0.2, 0) is 0 Å². The lowest BCUT2D eigenvalue weighted by Crippen LogP contribution is -1.98. The lowest BCUT2D eigenvalue weighted by molar-refractivity contribution is 0.599. The third-order valence-electron chi connectivity index (χ3n) is 2.60. The van der Waals surface area contributed by atoms with Gasteiger partial charge in [-0.3, -0.25) is 0 Å². The minimum atomic E-state index is -0.612. The van der Waals surface area contributed by atoms with Crippen molar-refractivity contribution in [1.82, 2.24) is 9.97 Å². The number of rotatable bonds is 2. The number of aromatic nitrogens is 2. The van der Waals surface area contributed by atoms with E-state index in [1.54, 1.807) is 24.3 Å². The quantitative estimate of drug-likeness (QED) is 0.729. The minimum absolute atomic E-state index is 0.0200. The van der Waals surface area contributed by atoms with Gasteiger partial charge in [0.1, 0.15) is 11.7 Å². The topological polar surface area (TPSA) is 74.7 Å². The monoisotopic (exact) mass is 288 g/mol. The van der Waals surface area contributed by atoms with Gasteiger partial charge in [0.15, 0.2) is 11.6 Å². The minimum Gasteiger partial charge on any atom is -0.446 e. The van der Waals surface area contributed by atoms with Crippen LogP contribution in [0.2, 0.25) is 5.28 Å². The second-order valence-corrected chi connectivity index (χ2v) is 4.27. The van der Waals surface area contributed by atoms with Crippen LogP contribution >= 0.6 is 11.6 Å². The van der Waals surface area contributed by atoms with Crippen LogP contribution in [0.25, 0.3) is 11.0 Å². The van der Waals surface area contributed by atoms with E-state index < -0.39 is 5.82 Å². The molecular formula is C13H6ClFN4O. The summed E-state index contributed by atoms with van der Waals surface area (Å²) in [6.07, 6.45) is 0.988. The molecule has 0 saturated carbocycles. The Morgan fingerprint density at radius 3 is 3.00 bits per heavy atom. The van der Waals surface area contributed by atoms with Gasteiger partial charge < -0.3 is 9.73 Å². The van der Waals surface area contributed by atoms with Gasteiger partial charge in [0.2, 0.25) is 11.0 Å². The molecule has 1 N–H and O–H groups in total. The van der Waals surface area contributed by atoms with Crippen LogP contribution in [0.15, 0.2) is 34.9 Å². The number of hydrogen-bond acceptors (Lipinski definition) is 5. The standard InChI is InChI=1S/C13H6ClFN4O/c14-13-17-6-10(15)12(19-13)18-8-1-2-11-7(3-8)4-9(5-16)20-11/h1-4,6H,(H,17,18,19). The molecule has 0 aliphatic heterocycles. The molecule has 0 fully saturated rings. The Labute approximate surface area is 117 Å². The highest BCUT2D eigenvalue weighted by atomic mass is 35.5. The number of nitrogens with zero attached hydrogens (tertiary/aromatic N) is 3. The average Bonchev–Trinajstić information content (AvgIpc) is 2.85. The third-order valence-corrected chi connectivity index (χ3v) is 2.79. The Balaban J connectivity index is 1.98. The van der Waals surface area contributed by atoms with Crippen LogP contribution in [0.3, 0.4) is 0 Å². The predicted molar refractivity (Wildman–Crippen MR) is 71.2 cm³/mol. The Morgan fingerprint density at radius 1 is 1.35 bits per heavy atom. The lowest BCUT2D eigenvalue weighted by Gasteiger charge is -2.06. The summed E-state index contributed by atoms with van der Waals surface area (Å²) in [5.74, 6) is -0.416. The van der Waals surface area contributed by atoms with Gasteiger partial charge in [0.25, 0.3) is 0 Å². The predicted octanol–water partition coefficient (Wildman–Crippen LogP) is 3.63. The molecule has 0 aliphatic carbocycles. The smallest absolute Gasteiger partial charge is 0.224 e. The van der Waals surface area contributed by atoms with Gasteiger partial charge in [-0.25, -0.2) is 9.37 Å². The maximum absolute atomic E-state index is 13.5. The van der Waals surface area contributed by atoms with E-state index >= 15 is 0 Å². The number of nitrogens with one attached hydrogen (secondary N) is 1. The highest BCUT2D eigenvalue weighted by molar-refractivity contribution is 6.28. The number of anilines is 2. The van der Waals surface area contributed by atoms with Crippen molar-refractivity contribution < 1.29 is 8.81 Å². The first-order valence-corrected chi connectivity index (χ1v) is 5.92. The van der Waals surface area contributed by atoms with Crippen LogP contribution in [0, 0.1) is 17.1 Å². The number of benzene rings is 1. The summed E-state index contributed by atoms with van der Waals surface area (Å²) in [6, 6.07) is 8.60. The fourth-order valence-electron chi connectivity index (χ4n) is 1.75. The summed E-state index contributed by atoms with van der Waals surface area (Å²) in [6.45, 7) is 0. The summed E-state index contributed by atoms with van der Waals surface area (Å²) in [4.78, 5) is 7.30. The number of furan rings is 1. The molecule has 0 spiro atoms. The Bertz CT molecular complexity index is 840. The van der Waals surface area contributed by atoms with Gasteiger partial charge in [0, 0.05) is 17.1 Å². The number of halogens is 2. The van der Waals surface area contributed by atoms with Crippen LogP contribution in [0.4, 0.5) is 15.9 Å². The van der Waals surface area contributed by atoms with Gasteiger partial charge in [-0.2, -0.15) is 10.2 Å². The van der Waals surface area contributed by atoms with Crippen LogP contribution in [-0.4, -0.2) is 9.97 Å². The number of nitriles is 1. The molecule has 0 aliphatic rings. The first kappa shape index (κ1) is 12.4. The summed E-state index contributed by atoms with van der Waals surface area (Å²) in [5, 5.41) is 12.2. The molecule has 0 atom stereocenters. The molecule has 5 nitrogen and oxygen atoms in total. The van der Waals surface area contributed by atoms with Crippen molar-refractivity contribution in [2.45, 2.75) is 0 Å². The largest absolute Gasteiger partial charge is 0.446 e. The molecule has 7 heteroatoms. The first-order valence-electron chi connectivity index (χ1n) is 5.54. The van der Waals surface area contributed by atoms with E-state index in [2.05, 4.69) is 15.3 Å². The van der Waals surface area contributed by atoms with Crippen molar-refractivity contribution in [1.29, 1.82) is 5.26 Å². The van der Waals surface area contributed by atoms with E-state index in [0.717, 1.165) is 11.6 Å². The number of hydrogen-bond donors (Lipinski definition) is 1. The van der Waals surface area contributed by atoms with Gasteiger partial charge in [-0.15, -0.1) is 0 Å². The maximum Gasteiger partial charge on any atom is 0.224 e. The summed E-state index contributed by atoms with van der Waals surface area (Å²) < 4.78 is 18.8. The molecule has 1 aromatic carbocycles. The van der Waals surface area contributed by atoms with E-state index in [0.29, 0.717) is 11.3 Å². The molecule has 0 unspecified atom stereocenters. The molecule has 98 valence electrons. The van der Waals surface area contributed by atoms with Crippen molar-refractivity contribution >= 4 is 34.1 Å². The zero-order valence-corrected chi connectivity index (χ0v) is 10.6. The second kappa shape index (κ2) is 4.79. The molecule has 20 heavy (non-hydrogen) atoms. The van der Waals surface area contributed by atoms with Gasteiger partial charge in [-0.1, -0.05) is 0 Å². The van der Waals surface area contributed by atoms with E-state index in [-0.39, 0.29) is 16.9 Å². The molecule has 0 amide bonds. The van der Waals surface area contributed by atoms with E-state index in [4.69, 9.17) is 21.3 Å². The fourth-order valence-corrected chi connectivity index (χ4v) is 1.88. The van der Waals surface area contributed by atoms with Crippen molar-refractivity contribution in [3.63, 3.8) is 0 Å². The zero-order valence-electron chi connectivity index (χ0n) is 9.89. The molecule has 2 aromatic heterocycles. The normalized spacial score (nSPS) is 10.4. The molecular weight excluding hydrogens is 283 g/mol. The Hall–Kier alpha value is -2.65. The van der Waals surface area contributed by atoms with Crippen LogP contribution in [0.1, 0.15) is 5.76 Å². The van der Waals surface area contributed by atoms with Gasteiger partial charge >= 0.3 is 0 Å². The SMILES string of the molecule is N#Cc1cc2cc(Nc3nc(Cl)ncc3F)ccc2o1. The average molecular weight is 289 g/mol. The summed E-state index contributed by atoms with van der Waals surface area (Å²) >= 11 is 5.62. The van der Waals surface area contributed by atoms with Crippen molar-refractivity contribution in [2.75, 3.05) is 5.32 Å². The van der Waals surface area contributed by atoms with E-state index in [1.165, 1.54) is 0 Å². The highest BCUT2D eigenvalue weighted by Gasteiger charge is 2.08. The molecule has 0 bridgehead atoms. The molecule has 3 aromatic rings. The Kier molecular flexibility index (Phi) is 2.97. The lowest BCUT2D eigenvalue weighted by atomic mass is 10.2. The Morgan fingerprint density at radius 2 is 2.20 bits per heavy atom. The first-order chi connectivity index (χ1) is 9.65. The summed E-state index contributed by atoms with van der Waals surface area (Å²) in [7, 11) is 0. The van der Waals surface area contributed by atoms with Crippen LogP contribution in [0.5, 0.6) is 0 Å². The van der Waals surface area contributed by atoms with Crippen LogP contribution < -0.4 is 5.32 Å². The molecule has 0 saturated heterocycles. The van der Waals surface area contributed by atoms with Gasteiger partial charge in [0.05, 0.1) is 6.20 Å². The summed E-state index contributed by atoms with van der Waals surface area (Å²) in [5.41, 5.74) is 1.17. The third kappa shape index (κ3) is 2.27. The number of fused-ring (bicyclic) bond motifs is 1.